The van der Waals surface area contributed by atoms with E-state index in [9.17, 15) is 0 Å². The van der Waals surface area contributed by atoms with Crippen molar-refractivity contribution in [1.82, 2.24) is 5.06 Å². The average molecular weight is 191 g/mol. The molecule has 0 saturated carbocycles. The lowest BCUT2D eigenvalue weighted by molar-refractivity contribution is -0.0725. The monoisotopic (exact) mass is 191 g/mol. The van der Waals surface area contributed by atoms with Crippen molar-refractivity contribution in [2.45, 2.75) is 26.2 Å². The third-order valence-corrected chi connectivity index (χ3v) is 2.64. The highest BCUT2D eigenvalue weighted by molar-refractivity contribution is 5.31. The zero-order valence-electron chi connectivity index (χ0n) is 8.70. The molecule has 1 heterocycles. The molecule has 0 aliphatic carbocycles. The first-order chi connectivity index (χ1) is 6.86. The molecule has 0 radical (unpaired) electrons. The molecule has 14 heavy (non-hydrogen) atoms. The lowest BCUT2D eigenvalue weighted by Crippen LogP contribution is -2.32. The van der Waals surface area contributed by atoms with Crippen molar-refractivity contribution in [3.63, 3.8) is 0 Å². The van der Waals surface area contributed by atoms with Crippen LogP contribution in [0.2, 0.25) is 0 Å². The van der Waals surface area contributed by atoms with Crippen molar-refractivity contribution in [2.24, 2.45) is 0 Å². The van der Waals surface area contributed by atoms with E-state index < -0.39 is 0 Å². The minimum absolute atomic E-state index is 0.995. The molecule has 2 heteroatoms. The summed E-state index contributed by atoms with van der Waals surface area (Å²) in [5.41, 5.74) is 1.21. The van der Waals surface area contributed by atoms with Gasteiger partial charge in [0.05, 0.1) is 0 Å². The van der Waals surface area contributed by atoms with E-state index in [2.05, 4.69) is 18.1 Å². The van der Waals surface area contributed by atoms with Gasteiger partial charge in [-0.05, 0) is 31.4 Å². The lowest BCUT2D eigenvalue weighted by atomic mass is 10.2. The first-order valence-electron chi connectivity index (χ1n) is 5.35. The van der Waals surface area contributed by atoms with Crippen LogP contribution in [0.1, 0.15) is 24.8 Å². The normalized spacial score (nSPS) is 18.1. The fourth-order valence-electron chi connectivity index (χ4n) is 1.75. The van der Waals surface area contributed by atoms with Crippen molar-refractivity contribution in [1.29, 1.82) is 0 Å². The second-order valence-electron chi connectivity index (χ2n) is 3.85. The number of para-hydroxylation sites is 1. The number of nitrogens with zero attached hydrogens (tertiary/aromatic N) is 1. The summed E-state index contributed by atoms with van der Waals surface area (Å²) >= 11 is 0. The van der Waals surface area contributed by atoms with Crippen molar-refractivity contribution in [3.8, 4) is 5.75 Å². The molecule has 1 aliphatic rings. The van der Waals surface area contributed by atoms with E-state index in [0.29, 0.717) is 0 Å². The van der Waals surface area contributed by atoms with Crippen LogP contribution in [0.3, 0.4) is 0 Å². The quantitative estimate of drug-likeness (QED) is 0.712. The highest BCUT2D eigenvalue weighted by Crippen LogP contribution is 2.19. The van der Waals surface area contributed by atoms with Gasteiger partial charge < -0.3 is 4.84 Å². The summed E-state index contributed by atoms with van der Waals surface area (Å²) in [7, 11) is 0. The standard InChI is InChI=1S/C12H17NO/c1-11-7-3-4-8-12(11)14-13-9-5-2-6-10-13/h3-4,7-8H,2,5-6,9-10H2,1H3. The molecule has 0 N–H and O–H groups in total. The number of hydroxylamine groups is 2. The first kappa shape index (κ1) is 9.53. The highest BCUT2D eigenvalue weighted by atomic mass is 16.7. The van der Waals surface area contributed by atoms with Crippen LogP contribution < -0.4 is 4.84 Å². The van der Waals surface area contributed by atoms with Crippen molar-refractivity contribution >= 4 is 0 Å². The second kappa shape index (κ2) is 4.47. The molecule has 0 spiro atoms. The number of piperidine rings is 1. The minimum atomic E-state index is 0.995. The topological polar surface area (TPSA) is 12.5 Å². The Morgan fingerprint density at radius 1 is 1.07 bits per heavy atom. The van der Waals surface area contributed by atoms with Gasteiger partial charge >= 0.3 is 0 Å². The van der Waals surface area contributed by atoms with Crippen LogP contribution in [0.5, 0.6) is 5.75 Å². The minimum Gasteiger partial charge on any atom is -0.406 e. The van der Waals surface area contributed by atoms with Crippen molar-refractivity contribution in [2.75, 3.05) is 13.1 Å². The van der Waals surface area contributed by atoms with Gasteiger partial charge in [-0.3, -0.25) is 0 Å². The maximum atomic E-state index is 5.82. The third kappa shape index (κ3) is 2.26. The van der Waals surface area contributed by atoms with Gasteiger partial charge in [-0.1, -0.05) is 24.6 Å². The zero-order valence-corrected chi connectivity index (χ0v) is 8.70. The summed E-state index contributed by atoms with van der Waals surface area (Å²) in [5.74, 6) is 0.995. The average Bonchev–Trinajstić information content (AvgIpc) is 2.23. The van der Waals surface area contributed by atoms with E-state index in [1.165, 1.54) is 24.8 Å². The molecular formula is C12H17NO. The number of benzene rings is 1. The number of aryl methyl sites for hydroxylation is 1. The van der Waals surface area contributed by atoms with Crippen LogP contribution in [0, 0.1) is 6.92 Å². The SMILES string of the molecule is Cc1ccccc1ON1CCCCC1. The summed E-state index contributed by atoms with van der Waals surface area (Å²) in [6, 6.07) is 8.17. The molecule has 0 atom stereocenters. The molecule has 1 fully saturated rings. The van der Waals surface area contributed by atoms with Crippen LogP contribution in [0.15, 0.2) is 24.3 Å². The van der Waals surface area contributed by atoms with Crippen LogP contribution in [-0.4, -0.2) is 18.2 Å². The third-order valence-electron chi connectivity index (χ3n) is 2.64. The summed E-state index contributed by atoms with van der Waals surface area (Å²) in [5, 5.41) is 2.08. The van der Waals surface area contributed by atoms with Gasteiger partial charge in [-0.2, -0.15) is 0 Å². The second-order valence-corrected chi connectivity index (χ2v) is 3.85. The predicted molar refractivity (Wildman–Crippen MR) is 57.2 cm³/mol. The number of hydrogen-bond acceptors (Lipinski definition) is 2. The molecule has 1 aliphatic heterocycles. The maximum absolute atomic E-state index is 5.82. The van der Waals surface area contributed by atoms with Crippen LogP contribution in [0.25, 0.3) is 0 Å². The number of rotatable bonds is 2. The summed E-state index contributed by atoms with van der Waals surface area (Å²) < 4.78 is 0. The predicted octanol–water partition coefficient (Wildman–Crippen LogP) is 2.77. The Balaban J connectivity index is 1.99. The molecule has 1 aromatic carbocycles. The van der Waals surface area contributed by atoms with E-state index >= 15 is 0 Å². The number of hydrogen-bond donors (Lipinski definition) is 0. The summed E-state index contributed by atoms with van der Waals surface area (Å²) in [6.45, 7) is 4.21. The molecule has 0 unspecified atom stereocenters. The van der Waals surface area contributed by atoms with Crippen molar-refractivity contribution in [3.05, 3.63) is 29.8 Å². The van der Waals surface area contributed by atoms with Crippen LogP contribution in [0.4, 0.5) is 0 Å². The maximum Gasteiger partial charge on any atom is 0.150 e. The lowest BCUT2D eigenvalue weighted by Gasteiger charge is -2.26. The fourth-order valence-corrected chi connectivity index (χ4v) is 1.75. The molecular weight excluding hydrogens is 174 g/mol. The molecule has 0 amide bonds. The van der Waals surface area contributed by atoms with Crippen molar-refractivity contribution < 1.29 is 4.84 Å². The van der Waals surface area contributed by atoms with E-state index in [1.807, 2.05) is 18.2 Å². The molecule has 2 nitrogen and oxygen atoms in total. The molecule has 1 aromatic rings. The summed E-state index contributed by atoms with van der Waals surface area (Å²) in [4.78, 5) is 5.82. The molecule has 0 bridgehead atoms. The van der Waals surface area contributed by atoms with E-state index in [4.69, 9.17) is 4.84 Å². The summed E-state index contributed by atoms with van der Waals surface area (Å²) in [6.07, 6.45) is 3.85. The van der Waals surface area contributed by atoms with Gasteiger partial charge in [0.25, 0.3) is 0 Å². The van der Waals surface area contributed by atoms with Gasteiger partial charge in [0, 0.05) is 13.1 Å². The Kier molecular flexibility index (Phi) is 3.04. The van der Waals surface area contributed by atoms with Gasteiger partial charge in [0.2, 0.25) is 0 Å². The Morgan fingerprint density at radius 2 is 1.79 bits per heavy atom. The fraction of sp³-hybridized carbons (Fsp3) is 0.500. The Labute approximate surface area is 85.4 Å². The zero-order chi connectivity index (χ0) is 9.80. The first-order valence-corrected chi connectivity index (χ1v) is 5.35. The van der Waals surface area contributed by atoms with Gasteiger partial charge in [0.1, 0.15) is 5.75 Å². The van der Waals surface area contributed by atoms with Crippen LogP contribution >= 0.6 is 0 Å². The molecule has 2 rings (SSSR count). The Morgan fingerprint density at radius 3 is 2.50 bits per heavy atom. The Hall–Kier alpha value is -1.02. The molecule has 0 aromatic heterocycles. The molecule has 1 saturated heterocycles. The Bertz CT molecular complexity index is 292. The van der Waals surface area contributed by atoms with Crippen LogP contribution in [-0.2, 0) is 0 Å². The van der Waals surface area contributed by atoms with E-state index in [-0.39, 0.29) is 0 Å². The van der Waals surface area contributed by atoms with E-state index in [1.54, 1.807) is 0 Å². The van der Waals surface area contributed by atoms with E-state index in [0.717, 1.165) is 18.8 Å². The van der Waals surface area contributed by atoms with Gasteiger partial charge in [0.15, 0.2) is 0 Å². The van der Waals surface area contributed by atoms with Gasteiger partial charge in [-0.15, -0.1) is 5.06 Å². The molecule has 76 valence electrons. The largest absolute Gasteiger partial charge is 0.406 e. The van der Waals surface area contributed by atoms with Gasteiger partial charge in [-0.25, -0.2) is 0 Å². The highest BCUT2D eigenvalue weighted by Gasteiger charge is 2.12. The smallest absolute Gasteiger partial charge is 0.150 e.